The second-order valence-corrected chi connectivity index (χ2v) is 3.57. The normalized spacial score (nSPS) is 11.7. The fourth-order valence-corrected chi connectivity index (χ4v) is 1.37. The Morgan fingerprint density at radius 3 is 2.80 bits per heavy atom. The summed E-state index contributed by atoms with van der Waals surface area (Å²) >= 11 is 0. The topological polar surface area (TPSA) is 38.4 Å². The highest BCUT2D eigenvalue weighted by Gasteiger charge is 1.95. The van der Waals surface area contributed by atoms with Crippen LogP contribution in [0.5, 0.6) is 0 Å². The third-order valence-corrected chi connectivity index (χ3v) is 2.10. The highest BCUT2D eigenvalue weighted by molar-refractivity contribution is 5.77. The summed E-state index contributed by atoms with van der Waals surface area (Å²) in [6.07, 6.45) is 1.37. The molecule has 0 saturated heterocycles. The van der Waals surface area contributed by atoms with Crippen molar-refractivity contribution in [2.45, 2.75) is 26.3 Å². The molecule has 3 heteroatoms. The Morgan fingerprint density at radius 2 is 2.13 bits per heavy atom. The van der Waals surface area contributed by atoms with Crippen LogP contribution in [0, 0.1) is 0 Å². The molecule has 82 valence electrons. The summed E-state index contributed by atoms with van der Waals surface area (Å²) in [5.41, 5.74) is 7.74. The average Bonchev–Trinajstić information content (AvgIpc) is 2.24. The fraction of sp³-hybridized carbons (Fsp3) is 0.417. The van der Waals surface area contributed by atoms with Gasteiger partial charge in [0.15, 0.2) is 0 Å². The average molecular weight is 207 g/mol. The lowest BCUT2D eigenvalue weighted by molar-refractivity contribution is 0.473. The van der Waals surface area contributed by atoms with Crippen molar-refractivity contribution in [3.63, 3.8) is 0 Å². The van der Waals surface area contributed by atoms with Crippen LogP contribution in [0.2, 0.25) is 0 Å². The fourth-order valence-electron chi connectivity index (χ4n) is 1.37. The van der Waals surface area contributed by atoms with Crippen LogP contribution in [-0.4, -0.2) is 12.5 Å². The Bertz CT molecular complexity index is 330. The molecule has 15 heavy (non-hydrogen) atoms. The molecule has 0 amide bonds. The molecule has 0 aliphatic rings. The molecule has 2 nitrogen and oxygen atoms in total. The molecule has 0 spiro atoms. The number of alkyl halides is 1. The van der Waals surface area contributed by atoms with Crippen molar-refractivity contribution in [2.75, 3.05) is 6.67 Å². The third kappa shape index (κ3) is 4.58. The summed E-state index contributed by atoms with van der Waals surface area (Å²) < 4.78 is 12.0. The molecule has 1 aromatic carbocycles. The number of benzene rings is 1. The lowest BCUT2D eigenvalue weighted by Gasteiger charge is -2.02. The molecule has 0 saturated carbocycles. The maximum absolute atomic E-state index is 12.0. The van der Waals surface area contributed by atoms with Gasteiger partial charge in [0.25, 0.3) is 0 Å². The van der Waals surface area contributed by atoms with E-state index in [4.69, 9.17) is 5.73 Å². The highest BCUT2D eigenvalue weighted by atomic mass is 18.2. The lowest BCUT2D eigenvalue weighted by Crippen LogP contribution is -2.05. The molecule has 0 radical (unpaired) electrons. The van der Waals surface area contributed by atoms with Gasteiger partial charge in [-0.25, -0.2) is 0 Å². The predicted molar refractivity (Wildman–Crippen MR) is 61.7 cm³/mol. The minimum absolute atomic E-state index is 0.260. The van der Waals surface area contributed by atoms with Gasteiger partial charge in [-0.15, -0.1) is 0 Å². The monoisotopic (exact) mass is 207 g/mol. The zero-order chi connectivity index (χ0) is 11.1. The Balaban J connectivity index is 2.61. The first kappa shape index (κ1) is 11.7. The maximum atomic E-state index is 12.0. The first-order valence-corrected chi connectivity index (χ1v) is 5.12. The molecular weight excluding hydrogens is 190 g/mol. The van der Waals surface area contributed by atoms with Crippen molar-refractivity contribution in [2.24, 2.45) is 10.7 Å². The highest BCUT2D eigenvalue weighted by Crippen LogP contribution is 2.08. The van der Waals surface area contributed by atoms with E-state index in [-0.39, 0.29) is 6.67 Å². The lowest BCUT2D eigenvalue weighted by atomic mass is 10.1. The summed E-state index contributed by atoms with van der Waals surface area (Å²) in [6.45, 7) is 2.11. The third-order valence-electron chi connectivity index (χ3n) is 2.10. The minimum Gasteiger partial charge on any atom is -0.388 e. The van der Waals surface area contributed by atoms with Gasteiger partial charge in [-0.2, -0.15) is 0 Å². The molecular formula is C12H17FN2. The molecule has 0 heterocycles. The van der Waals surface area contributed by atoms with Gasteiger partial charge in [0.2, 0.25) is 0 Å². The summed E-state index contributed by atoms with van der Waals surface area (Å²) in [7, 11) is 0. The molecule has 0 unspecified atom stereocenters. The molecule has 0 aromatic heterocycles. The van der Waals surface area contributed by atoms with Gasteiger partial charge in [-0.1, -0.05) is 24.3 Å². The van der Waals surface area contributed by atoms with Crippen molar-refractivity contribution in [3.8, 4) is 0 Å². The van der Waals surface area contributed by atoms with Crippen molar-refractivity contribution in [1.82, 2.24) is 0 Å². The number of aliphatic imine (C=N–C) groups is 1. The molecule has 0 aliphatic heterocycles. The van der Waals surface area contributed by atoms with E-state index in [9.17, 15) is 4.39 Å². The van der Waals surface area contributed by atoms with Crippen molar-refractivity contribution in [1.29, 1.82) is 0 Å². The van der Waals surface area contributed by atoms with E-state index in [1.54, 1.807) is 6.92 Å². The molecule has 0 fully saturated rings. The largest absolute Gasteiger partial charge is 0.388 e. The molecule has 0 aliphatic carbocycles. The second-order valence-electron chi connectivity index (χ2n) is 3.57. The summed E-state index contributed by atoms with van der Waals surface area (Å²) in [6, 6.07) is 8.05. The van der Waals surface area contributed by atoms with Gasteiger partial charge < -0.3 is 5.73 Å². The van der Waals surface area contributed by atoms with E-state index in [0.29, 0.717) is 18.8 Å². The summed E-state index contributed by atoms with van der Waals surface area (Å²) in [4.78, 5) is 4.14. The number of aryl methyl sites for hydroxylation is 1. The first-order valence-electron chi connectivity index (χ1n) is 5.12. The van der Waals surface area contributed by atoms with Gasteiger partial charge in [0, 0.05) is 0 Å². The van der Waals surface area contributed by atoms with Crippen LogP contribution < -0.4 is 5.73 Å². The second kappa shape index (κ2) is 6.17. The van der Waals surface area contributed by atoms with Crippen LogP contribution in [0.3, 0.4) is 0 Å². The van der Waals surface area contributed by atoms with E-state index in [1.165, 1.54) is 0 Å². The van der Waals surface area contributed by atoms with Crippen LogP contribution in [0.15, 0.2) is 29.3 Å². The van der Waals surface area contributed by atoms with Crippen molar-refractivity contribution >= 4 is 5.84 Å². The van der Waals surface area contributed by atoms with E-state index >= 15 is 0 Å². The molecule has 0 atom stereocenters. The quantitative estimate of drug-likeness (QED) is 0.584. The van der Waals surface area contributed by atoms with Crippen LogP contribution in [0.25, 0.3) is 0 Å². The van der Waals surface area contributed by atoms with Gasteiger partial charge >= 0.3 is 0 Å². The number of halogens is 1. The van der Waals surface area contributed by atoms with Crippen LogP contribution in [0.4, 0.5) is 4.39 Å². The van der Waals surface area contributed by atoms with Crippen LogP contribution >= 0.6 is 0 Å². The molecule has 0 bridgehead atoms. The minimum atomic E-state index is -0.260. The van der Waals surface area contributed by atoms with Crippen LogP contribution in [0.1, 0.15) is 24.5 Å². The summed E-state index contributed by atoms with van der Waals surface area (Å²) in [5.74, 6) is 0.587. The van der Waals surface area contributed by atoms with Crippen molar-refractivity contribution in [3.05, 3.63) is 35.4 Å². The number of hydrogen-bond donors (Lipinski definition) is 1. The van der Waals surface area contributed by atoms with E-state index in [1.807, 2.05) is 18.2 Å². The SMILES string of the molecule is CC(N)=NCc1cccc(CCC[18F])c1. The Hall–Kier alpha value is -1.38. The van der Waals surface area contributed by atoms with E-state index in [2.05, 4.69) is 11.1 Å². The summed E-state index contributed by atoms with van der Waals surface area (Å²) in [5, 5.41) is 0. The maximum Gasteiger partial charge on any atom is 0.0909 e. The number of nitrogens with two attached hydrogens (primary N) is 1. The van der Waals surface area contributed by atoms with Gasteiger partial charge in [0.1, 0.15) is 0 Å². The Kier molecular flexibility index (Phi) is 4.81. The van der Waals surface area contributed by atoms with Crippen molar-refractivity contribution < 1.29 is 4.39 Å². The van der Waals surface area contributed by atoms with Gasteiger partial charge in [-0.3, -0.25) is 9.38 Å². The zero-order valence-electron chi connectivity index (χ0n) is 9.04. The zero-order valence-corrected chi connectivity index (χ0v) is 9.04. The number of nitrogens with zero attached hydrogens (tertiary/aromatic N) is 1. The molecule has 2 N–H and O–H groups in total. The van der Waals surface area contributed by atoms with Gasteiger partial charge in [-0.05, 0) is 30.9 Å². The van der Waals surface area contributed by atoms with Crippen LogP contribution in [-0.2, 0) is 13.0 Å². The van der Waals surface area contributed by atoms with Gasteiger partial charge in [0.05, 0.1) is 19.1 Å². The Morgan fingerprint density at radius 1 is 1.40 bits per heavy atom. The van der Waals surface area contributed by atoms with E-state index < -0.39 is 0 Å². The number of rotatable bonds is 5. The molecule has 1 rings (SSSR count). The van der Waals surface area contributed by atoms with E-state index in [0.717, 1.165) is 17.5 Å². The number of amidine groups is 1. The Labute approximate surface area is 90.0 Å². The standard InChI is InChI=1S/C12H17FN2/c1-10(14)15-9-12-5-2-4-11(8-12)6-3-7-13/h2,4-5,8H,3,6-7,9H2,1H3,(H2,14,15)/i13-1. The smallest absolute Gasteiger partial charge is 0.0909 e. The number of hydrogen-bond acceptors (Lipinski definition) is 1. The first-order chi connectivity index (χ1) is 7.22. The molecule has 1 aromatic rings. The predicted octanol–water partition coefficient (Wildman–Crippen LogP) is 2.47.